The second kappa shape index (κ2) is 4.28. The summed E-state index contributed by atoms with van der Waals surface area (Å²) in [6.07, 6.45) is 4.44. The summed E-state index contributed by atoms with van der Waals surface area (Å²) < 4.78 is 7.19. The average molecular weight is 268 g/mol. The van der Waals surface area contributed by atoms with Crippen LogP contribution in [0.2, 0.25) is 0 Å². The van der Waals surface area contributed by atoms with Crippen molar-refractivity contribution < 1.29 is 4.74 Å². The number of imidazole rings is 1. The van der Waals surface area contributed by atoms with Crippen molar-refractivity contribution >= 4 is 5.65 Å². The molecule has 1 aliphatic heterocycles. The van der Waals surface area contributed by atoms with E-state index in [-0.39, 0.29) is 5.56 Å². The van der Waals surface area contributed by atoms with Gasteiger partial charge in [-0.1, -0.05) is 6.07 Å². The maximum absolute atomic E-state index is 12.1. The first-order valence-electron chi connectivity index (χ1n) is 6.45. The highest BCUT2D eigenvalue weighted by Gasteiger charge is 2.17. The molecule has 6 nitrogen and oxygen atoms in total. The normalized spacial score (nSPS) is 14.4. The van der Waals surface area contributed by atoms with Gasteiger partial charge in [-0.3, -0.25) is 4.79 Å². The molecule has 0 saturated heterocycles. The Bertz CT molecular complexity index is 817. The van der Waals surface area contributed by atoms with Crippen molar-refractivity contribution in [2.45, 2.75) is 13.0 Å². The van der Waals surface area contributed by atoms with Crippen molar-refractivity contribution in [2.24, 2.45) is 0 Å². The molecule has 0 aromatic carbocycles. The van der Waals surface area contributed by atoms with Gasteiger partial charge in [0, 0.05) is 18.8 Å². The molecule has 0 unspecified atom stereocenters. The van der Waals surface area contributed by atoms with Crippen molar-refractivity contribution in [3.8, 4) is 11.5 Å². The highest BCUT2D eigenvalue weighted by molar-refractivity contribution is 5.55. The van der Waals surface area contributed by atoms with Crippen molar-refractivity contribution in [2.75, 3.05) is 6.61 Å². The summed E-state index contributed by atoms with van der Waals surface area (Å²) in [5.74, 6) is 0.513. The SMILES string of the molecule is O=c1[nH]c(-c2cn3ccccc3n2)nc2c1COCC2. The molecule has 0 saturated carbocycles. The van der Waals surface area contributed by atoms with Gasteiger partial charge in [-0.05, 0) is 12.1 Å². The number of H-pyrrole nitrogens is 1. The summed E-state index contributed by atoms with van der Waals surface area (Å²) in [7, 11) is 0. The zero-order chi connectivity index (χ0) is 13.5. The molecule has 0 atom stereocenters. The molecular weight excluding hydrogens is 256 g/mol. The number of aromatic nitrogens is 4. The molecule has 0 radical (unpaired) electrons. The van der Waals surface area contributed by atoms with E-state index in [1.807, 2.05) is 35.0 Å². The van der Waals surface area contributed by atoms with Gasteiger partial charge < -0.3 is 14.1 Å². The molecule has 0 aliphatic carbocycles. The van der Waals surface area contributed by atoms with Crippen LogP contribution >= 0.6 is 0 Å². The van der Waals surface area contributed by atoms with Crippen LogP contribution in [0.4, 0.5) is 0 Å². The molecule has 3 aromatic heterocycles. The van der Waals surface area contributed by atoms with E-state index in [0.717, 1.165) is 11.3 Å². The minimum atomic E-state index is -0.137. The van der Waals surface area contributed by atoms with Gasteiger partial charge in [-0.25, -0.2) is 9.97 Å². The minimum absolute atomic E-state index is 0.137. The molecule has 4 rings (SSSR count). The molecule has 6 heteroatoms. The quantitative estimate of drug-likeness (QED) is 0.718. The standard InChI is InChI=1S/C14H12N4O2/c19-14-9-8-20-6-4-10(9)16-13(17-14)11-7-18-5-2-1-3-12(18)15-11/h1-3,5,7H,4,6,8H2,(H,16,17,19). The molecule has 4 heterocycles. The number of aromatic amines is 1. The summed E-state index contributed by atoms with van der Waals surface area (Å²) in [4.78, 5) is 23.9. The average Bonchev–Trinajstić information content (AvgIpc) is 2.91. The number of pyridine rings is 1. The summed E-state index contributed by atoms with van der Waals surface area (Å²) in [6.45, 7) is 0.942. The fourth-order valence-corrected chi connectivity index (χ4v) is 2.41. The van der Waals surface area contributed by atoms with E-state index in [4.69, 9.17) is 4.74 Å². The Balaban J connectivity index is 1.89. The predicted octanol–water partition coefficient (Wildman–Crippen LogP) is 1.16. The van der Waals surface area contributed by atoms with Crippen LogP contribution in [0.1, 0.15) is 11.3 Å². The topological polar surface area (TPSA) is 72.3 Å². The van der Waals surface area contributed by atoms with E-state index >= 15 is 0 Å². The van der Waals surface area contributed by atoms with Crippen LogP contribution < -0.4 is 5.56 Å². The van der Waals surface area contributed by atoms with E-state index in [1.165, 1.54) is 0 Å². The number of hydrogen-bond acceptors (Lipinski definition) is 4. The second-order valence-electron chi connectivity index (χ2n) is 4.73. The van der Waals surface area contributed by atoms with Crippen molar-refractivity contribution in [1.29, 1.82) is 0 Å². The van der Waals surface area contributed by atoms with Gasteiger partial charge in [0.25, 0.3) is 5.56 Å². The van der Waals surface area contributed by atoms with Gasteiger partial charge in [0.05, 0.1) is 24.5 Å². The third-order valence-electron chi connectivity index (χ3n) is 3.44. The van der Waals surface area contributed by atoms with Crippen LogP contribution in [0.5, 0.6) is 0 Å². The van der Waals surface area contributed by atoms with Crippen LogP contribution in [0.3, 0.4) is 0 Å². The molecule has 1 aliphatic rings. The van der Waals surface area contributed by atoms with Gasteiger partial charge in [-0.2, -0.15) is 0 Å². The number of nitrogens with one attached hydrogen (secondary N) is 1. The van der Waals surface area contributed by atoms with Crippen LogP contribution in [0.15, 0.2) is 35.4 Å². The summed E-state index contributed by atoms with van der Waals surface area (Å²) in [5.41, 5.74) is 2.80. The Hall–Kier alpha value is -2.47. The highest BCUT2D eigenvalue weighted by atomic mass is 16.5. The van der Waals surface area contributed by atoms with Crippen LogP contribution in [-0.2, 0) is 17.8 Å². The number of rotatable bonds is 1. The molecule has 0 spiro atoms. The van der Waals surface area contributed by atoms with Crippen LogP contribution in [0, 0.1) is 0 Å². The summed E-state index contributed by atoms with van der Waals surface area (Å²) in [5, 5.41) is 0. The maximum atomic E-state index is 12.1. The summed E-state index contributed by atoms with van der Waals surface area (Å²) in [6, 6.07) is 5.76. The van der Waals surface area contributed by atoms with E-state index in [9.17, 15) is 4.79 Å². The molecule has 1 N–H and O–H groups in total. The molecule has 100 valence electrons. The lowest BCUT2D eigenvalue weighted by molar-refractivity contribution is 0.108. The largest absolute Gasteiger partial charge is 0.376 e. The van der Waals surface area contributed by atoms with Crippen LogP contribution in [0.25, 0.3) is 17.2 Å². The van der Waals surface area contributed by atoms with E-state index in [2.05, 4.69) is 15.0 Å². The summed E-state index contributed by atoms with van der Waals surface area (Å²) >= 11 is 0. The third-order valence-corrected chi connectivity index (χ3v) is 3.44. The second-order valence-corrected chi connectivity index (χ2v) is 4.73. The van der Waals surface area contributed by atoms with Gasteiger partial charge in [0.1, 0.15) is 11.3 Å². The Morgan fingerprint density at radius 2 is 2.25 bits per heavy atom. The fourth-order valence-electron chi connectivity index (χ4n) is 2.41. The zero-order valence-corrected chi connectivity index (χ0v) is 10.7. The monoisotopic (exact) mass is 268 g/mol. The van der Waals surface area contributed by atoms with Gasteiger partial charge >= 0.3 is 0 Å². The zero-order valence-electron chi connectivity index (χ0n) is 10.7. The molecular formula is C14H12N4O2. The Kier molecular flexibility index (Phi) is 2.43. The van der Waals surface area contributed by atoms with Crippen molar-refractivity contribution in [3.63, 3.8) is 0 Å². The molecule has 0 amide bonds. The molecule has 0 bridgehead atoms. The first-order chi connectivity index (χ1) is 9.81. The first-order valence-corrected chi connectivity index (χ1v) is 6.45. The predicted molar refractivity (Wildman–Crippen MR) is 72.4 cm³/mol. The minimum Gasteiger partial charge on any atom is -0.376 e. The Morgan fingerprint density at radius 3 is 3.15 bits per heavy atom. The number of ether oxygens (including phenoxy) is 1. The Morgan fingerprint density at radius 1 is 1.30 bits per heavy atom. The van der Waals surface area contributed by atoms with Gasteiger partial charge in [0.15, 0.2) is 5.82 Å². The van der Waals surface area contributed by atoms with E-state index in [1.54, 1.807) is 0 Å². The highest BCUT2D eigenvalue weighted by Crippen LogP contribution is 2.17. The Labute approximate surface area is 114 Å². The number of hydrogen-bond donors (Lipinski definition) is 1. The van der Waals surface area contributed by atoms with Crippen LogP contribution in [-0.4, -0.2) is 26.0 Å². The lowest BCUT2D eigenvalue weighted by Crippen LogP contribution is -2.24. The van der Waals surface area contributed by atoms with E-state index < -0.39 is 0 Å². The van der Waals surface area contributed by atoms with Crippen molar-refractivity contribution in [1.82, 2.24) is 19.4 Å². The number of nitrogens with zero attached hydrogens (tertiary/aromatic N) is 3. The fraction of sp³-hybridized carbons (Fsp3) is 0.214. The molecule has 0 fully saturated rings. The smallest absolute Gasteiger partial charge is 0.257 e. The maximum Gasteiger partial charge on any atom is 0.257 e. The third kappa shape index (κ3) is 1.73. The lowest BCUT2D eigenvalue weighted by atomic mass is 10.1. The van der Waals surface area contributed by atoms with Gasteiger partial charge in [-0.15, -0.1) is 0 Å². The molecule has 20 heavy (non-hydrogen) atoms. The van der Waals surface area contributed by atoms with Crippen molar-refractivity contribution in [3.05, 3.63) is 52.2 Å². The van der Waals surface area contributed by atoms with E-state index in [0.29, 0.717) is 36.7 Å². The lowest BCUT2D eigenvalue weighted by Gasteiger charge is -2.14. The number of fused-ring (bicyclic) bond motifs is 2. The van der Waals surface area contributed by atoms with Gasteiger partial charge in [0.2, 0.25) is 0 Å². The first kappa shape index (κ1) is 11.4. The molecule has 3 aromatic rings.